The highest BCUT2D eigenvalue weighted by molar-refractivity contribution is 7.89. The van der Waals surface area contributed by atoms with Gasteiger partial charge in [-0.25, -0.2) is 13.4 Å². The number of hydrogen-bond acceptors (Lipinski definition) is 5. The van der Waals surface area contributed by atoms with E-state index in [1.807, 2.05) is 13.8 Å². The first-order chi connectivity index (χ1) is 9.98. The Labute approximate surface area is 123 Å². The summed E-state index contributed by atoms with van der Waals surface area (Å²) in [5.41, 5.74) is 0.720. The van der Waals surface area contributed by atoms with Gasteiger partial charge < -0.3 is 4.42 Å². The average molecular weight is 307 g/mol. The van der Waals surface area contributed by atoms with Crippen LogP contribution in [0.4, 0.5) is 0 Å². The van der Waals surface area contributed by atoms with E-state index >= 15 is 0 Å². The van der Waals surface area contributed by atoms with Gasteiger partial charge in [-0.1, -0.05) is 13.8 Å². The second-order valence-electron chi connectivity index (χ2n) is 5.35. The Hall–Kier alpha value is -1.73. The maximum atomic E-state index is 12.6. The lowest BCUT2D eigenvalue weighted by atomic mass is 10.2. The summed E-state index contributed by atoms with van der Waals surface area (Å²) < 4.78 is 32.2. The molecule has 21 heavy (non-hydrogen) atoms. The average Bonchev–Trinajstić information content (AvgIpc) is 2.91. The second-order valence-corrected chi connectivity index (χ2v) is 7.29. The van der Waals surface area contributed by atoms with Crippen LogP contribution in [0.3, 0.4) is 0 Å². The molecule has 6 nitrogen and oxygen atoms in total. The molecule has 112 valence electrons. The summed E-state index contributed by atoms with van der Waals surface area (Å²) in [5, 5.41) is 0. The van der Waals surface area contributed by atoms with Gasteiger partial charge in [-0.3, -0.25) is 4.98 Å². The molecular weight excluding hydrogens is 290 g/mol. The first-order valence-electron chi connectivity index (χ1n) is 6.87. The van der Waals surface area contributed by atoms with Gasteiger partial charge in [0.25, 0.3) is 0 Å². The molecule has 0 N–H and O–H groups in total. The van der Waals surface area contributed by atoms with Crippen molar-refractivity contribution < 1.29 is 12.8 Å². The Kier molecular flexibility index (Phi) is 3.54. The van der Waals surface area contributed by atoms with Crippen molar-refractivity contribution in [2.45, 2.75) is 37.6 Å². The molecular formula is C14H17N3O3S. The zero-order valence-electron chi connectivity index (χ0n) is 12.0. The lowest BCUT2D eigenvalue weighted by Gasteiger charge is -2.24. The van der Waals surface area contributed by atoms with Crippen LogP contribution in [0.1, 0.15) is 37.1 Å². The molecule has 1 aliphatic rings. The minimum absolute atomic E-state index is 0.194. The third-order valence-corrected chi connectivity index (χ3v) is 5.30. The first kappa shape index (κ1) is 14.2. The fourth-order valence-corrected chi connectivity index (χ4v) is 3.66. The summed E-state index contributed by atoms with van der Waals surface area (Å²) >= 11 is 0. The summed E-state index contributed by atoms with van der Waals surface area (Å²) in [6.07, 6.45) is 3.47. The SMILES string of the molecule is CC(C)c1nc2c(o1)CCN(S(=O)(=O)c1cccnc1)C2. The molecule has 3 rings (SSSR count). The molecule has 0 aliphatic carbocycles. The van der Waals surface area contributed by atoms with Crippen LogP contribution in [0.25, 0.3) is 0 Å². The molecule has 0 amide bonds. The molecule has 2 aromatic heterocycles. The predicted molar refractivity (Wildman–Crippen MR) is 76.1 cm³/mol. The summed E-state index contributed by atoms with van der Waals surface area (Å²) in [6.45, 7) is 4.66. The Morgan fingerprint density at radius 3 is 2.86 bits per heavy atom. The largest absolute Gasteiger partial charge is 0.445 e. The number of aromatic nitrogens is 2. The predicted octanol–water partition coefficient (Wildman–Crippen LogP) is 1.94. The maximum Gasteiger partial charge on any atom is 0.244 e. The van der Waals surface area contributed by atoms with E-state index in [1.54, 1.807) is 18.3 Å². The van der Waals surface area contributed by atoms with Crippen molar-refractivity contribution >= 4 is 10.0 Å². The molecule has 0 radical (unpaired) electrons. The molecule has 0 spiro atoms. The standard InChI is InChI=1S/C14H17N3O3S/c1-10(2)14-16-12-9-17(7-5-13(12)20-14)21(18,19)11-4-3-6-15-8-11/h3-4,6,8,10H,5,7,9H2,1-2H3. The quantitative estimate of drug-likeness (QED) is 0.866. The van der Waals surface area contributed by atoms with E-state index < -0.39 is 10.0 Å². The maximum absolute atomic E-state index is 12.6. The first-order valence-corrected chi connectivity index (χ1v) is 8.31. The molecule has 0 saturated carbocycles. The molecule has 0 saturated heterocycles. The van der Waals surface area contributed by atoms with Crippen LogP contribution in [-0.2, 0) is 23.0 Å². The van der Waals surface area contributed by atoms with Crippen molar-refractivity contribution in [2.75, 3.05) is 6.54 Å². The molecule has 0 unspecified atom stereocenters. The Bertz CT molecular complexity index is 738. The lowest BCUT2D eigenvalue weighted by Crippen LogP contribution is -2.35. The minimum Gasteiger partial charge on any atom is -0.445 e. The van der Waals surface area contributed by atoms with Gasteiger partial charge in [0.2, 0.25) is 10.0 Å². The number of sulfonamides is 1. The van der Waals surface area contributed by atoms with Crippen molar-refractivity contribution in [1.29, 1.82) is 0 Å². The van der Waals surface area contributed by atoms with Gasteiger partial charge >= 0.3 is 0 Å². The van der Waals surface area contributed by atoms with E-state index in [0.717, 1.165) is 11.5 Å². The van der Waals surface area contributed by atoms with Crippen molar-refractivity contribution in [1.82, 2.24) is 14.3 Å². The molecule has 0 bridgehead atoms. The summed E-state index contributed by atoms with van der Waals surface area (Å²) in [6, 6.07) is 3.18. The smallest absolute Gasteiger partial charge is 0.244 e. The van der Waals surface area contributed by atoms with Gasteiger partial charge in [0.15, 0.2) is 5.89 Å². The van der Waals surface area contributed by atoms with Gasteiger partial charge in [0, 0.05) is 31.3 Å². The van der Waals surface area contributed by atoms with Crippen LogP contribution >= 0.6 is 0 Å². The van der Waals surface area contributed by atoms with Gasteiger partial charge in [0.05, 0.1) is 12.2 Å². The van der Waals surface area contributed by atoms with Crippen LogP contribution in [0.5, 0.6) is 0 Å². The minimum atomic E-state index is -3.53. The molecule has 7 heteroatoms. The Morgan fingerprint density at radius 1 is 1.38 bits per heavy atom. The van der Waals surface area contributed by atoms with Gasteiger partial charge in [-0.2, -0.15) is 4.31 Å². The number of oxazole rings is 1. The highest BCUT2D eigenvalue weighted by atomic mass is 32.2. The Morgan fingerprint density at radius 2 is 2.19 bits per heavy atom. The summed E-state index contributed by atoms with van der Waals surface area (Å²) in [7, 11) is -3.53. The van der Waals surface area contributed by atoms with Gasteiger partial charge in [-0.15, -0.1) is 0 Å². The van der Waals surface area contributed by atoms with E-state index in [1.165, 1.54) is 10.5 Å². The van der Waals surface area contributed by atoms with Crippen LogP contribution < -0.4 is 0 Å². The van der Waals surface area contributed by atoms with Gasteiger partial charge in [0.1, 0.15) is 10.7 Å². The number of hydrogen-bond donors (Lipinski definition) is 0. The van der Waals surface area contributed by atoms with Crippen molar-refractivity contribution in [3.05, 3.63) is 41.9 Å². The van der Waals surface area contributed by atoms with E-state index in [4.69, 9.17) is 4.42 Å². The van der Waals surface area contributed by atoms with Gasteiger partial charge in [-0.05, 0) is 12.1 Å². The zero-order valence-corrected chi connectivity index (χ0v) is 12.8. The van der Waals surface area contributed by atoms with Crippen LogP contribution in [-0.4, -0.2) is 29.2 Å². The lowest BCUT2D eigenvalue weighted by molar-refractivity contribution is 0.354. The molecule has 1 aliphatic heterocycles. The fraction of sp³-hybridized carbons (Fsp3) is 0.429. The number of fused-ring (bicyclic) bond motifs is 1. The van der Waals surface area contributed by atoms with Crippen LogP contribution in [0.15, 0.2) is 33.8 Å². The normalized spacial score (nSPS) is 16.1. The number of pyridine rings is 1. The number of nitrogens with zero attached hydrogens (tertiary/aromatic N) is 3. The van der Waals surface area contributed by atoms with Crippen molar-refractivity contribution in [3.8, 4) is 0 Å². The topological polar surface area (TPSA) is 76.3 Å². The van der Waals surface area contributed by atoms with Crippen LogP contribution in [0.2, 0.25) is 0 Å². The molecule has 3 heterocycles. The third-order valence-electron chi connectivity index (χ3n) is 3.48. The van der Waals surface area contributed by atoms with Crippen LogP contribution in [0, 0.1) is 0 Å². The van der Waals surface area contributed by atoms with E-state index in [-0.39, 0.29) is 17.4 Å². The van der Waals surface area contributed by atoms with E-state index in [0.29, 0.717) is 18.9 Å². The Balaban J connectivity index is 1.89. The third kappa shape index (κ3) is 2.58. The molecule has 0 fully saturated rings. The van der Waals surface area contributed by atoms with Crippen molar-refractivity contribution in [2.24, 2.45) is 0 Å². The highest BCUT2D eigenvalue weighted by Gasteiger charge is 2.31. The van der Waals surface area contributed by atoms with Crippen molar-refractivity contribution in [3.63, 3.8) is 0 Å². The molecule has 0 atom stereocenters. The van der Waals surface area contributed by atoms with E-state index in [2.05, 4.69) is 9.97 Å². The fourth-order valence-electron chi connectivity index (χ4n) is 2.30. The second kappa shape index (κ2) is 5.23. The number of rotatable bonds is 3. The van der Waals surface area contributed by atoms with E-state index in [9.17, 15) is 8.42 Å². The molecule has 2 aromatic rings. The zero-order chi connectivity index (χ0) is 15.0. The highest BCUT2D eigenvalue weighted by Crippen LogP contribution is 2.27. The summed E-state index contributed by atoms with van der Waals surface area (Å²) in [5.74, 6) is 1.66. The molecule has 0 aromatic carbocycles. The summed E-state index contributed by atoms with van der Waals surface area (Å²) in [4.78, 5) is 8.51. The monoisotopic (exact) mass is 307 g/mol.